The monoisotopic (exact) mass is 455 g/mol. The van der Waals surface area contributed by atoms with Crippen LogP contribution in [0.3, 0.4) is 0 Å². The van der Waals surface area contributed by atoms with E-state index in [1.165, 1.54) is 30.3 Å². The predicted octanol–water partition coefficient (Wildman–Crippen LogP) is 3.23. The summed E-state index contributed by atoms with van der Waals surface area (Å²) in [6.07, 6.45) is 0. The fourth-order valence-corrected chi connectivity index (χ4v) is 8.21. The predicted molar refractivity (Wildman–Crippen MR) is 117 cm³/mol. The first-order chi connectivity index (χ1) is 14.7. The average Bonchev–Trinajstić information content (AvgIpc) is 3.04. The van der Waals surface area contributed by atoms with Gasteiger partial charge in [-0.05, 0) is 36.8 Å². The van der Waals surface area contributed by atoms with Crippen LogP contribution in [0.4, 0.5) is 0 Å². The highest BCUT2D eigenvalue weighted by Crippen LogP contribution is 2.42. The summed E-state index contributed by atoms with van der Waals surface area (Å²) < 4.78 is 52.0. The van der Waals surface area contributed by atoms with Crippen LogP contribution >= 0.6 is 0 Å². The zero-order valence-corrected chi connectivity index (χ0v) is 18.4. The van der Waals surface area contributed by atoms with E-state index >= 15 is 0 Å². The third-order valence-corrected chi connectivity index (χ3v) is 9.41. The van der Waals surface area contributed by atoms with Crippen LogP contribution < -0.4 is 5.32 Å². The van der Waals surface area contributed by atoms with Gasteiger partial charge >= 0.3 is 0 Å². The van der Waals surface area contributed by atoms with Gasteiger partial charge in [-0.25, -0.2) is 16.8 Å². The lowest BCUT2D eigenvalue weighted by Crippen LogP contribution is -2.25. The van der Waals surface area contributed by atoms with Crippen molar-refractivity contribution in [3.63, 3.8) is 0 Å². The Hall–Kier alpha value is -2.97. The molecule has 0 radical (unpaired) electrons. The minimum atomic E-state index is -4.01. The van der Waals surface area contributed by atoms with Crippen LogP contribution in [-0.4, -0.2) is 28.5 Å². The maximum Gasteiger partial charge on any atom is 0.251 e. The van der Waals surface area contributed by atoms with Crippen molar-refractivity contribution in [3.05, 3.63) is 95.1 Å². The normalized spacial score (nSPS) is 17.1. The zero-order chi connectivity index (χ0) is 22.2. The molecule has 0 aromatic heterocycles. The molecule has 0 fully saturated rings. The van der Waals surface area contributed by atoms with Gasteiger partial charge in [0.05, 0.1) is 15.5 Å². The zero-order valence-electron chi connectivity index (χ0n) is 16.8. The van der Waals surface area contributed by atoms with Gasteiger partial charge in [-0.15, -0.1) is 0 Å². The molecule has 3 aromatic carbocycles. The van der Waals surface area contributed by atoms with E-state index in [0.29, 0.717) is 0 Å². The van der Waals surface area contributed by atoms with Gasteiger partial charge in [-0.2, -0.15) is 0 Å². The highest BCUT2D eigenvalue weighted by atomic mass is 32.2. The minimum absolute atomic E-state index is 0.0259. The summed E-state index contributed by atoms with van der Waals surface area (Å²) in [7, 11) is -7.84. The van der Waals surface area contributed by atoms with Crippen LogP contribution in [0.1, 0.15) is 32.3 Å². The lowest BCUT2D eigenvalue weighted by atomic mass is 10.0. The Balaban J connectivity index is 1.74. The lowest BCUT2D eigenvalue weighted by Gasteiger charge is -2.16. The fourth-order valence-electron chi connectivity index (χ4n) is 3.84. The van der Waals surface area contributed by atoms with Crippen molar-refractivity contribution in [1.82, 2.24) is 5.32 Å². The number of benzene rings is 3. The van der Waals surface area contributed by atoms with Crippen LogP contribution in [0.25, 0.3) is 0 Å². The summed E-state index contributed by atoms with van der Waals surface area (Å²) in [5, 5.41) is 1.45. The third-order valence-electron chi connectivity index (χ3n) is 5.32. The van der Waals surface area contributed by atoms with Gasteiger partial charge in [0.25, 0.3) is 5.91 Å². The Morgan fingerprint density at radius 2 is 1.71 bits per heavy atom. The fraction of sp³-hybridized carbons (Fsp3) is 0.174. The molecule has 0 saturated heterocycles. The van der Waals surface area contributed by atoms with Crippen molar-refractivity contribution in [2.45, 2.75) is 28.5 Å². The number of aryl methyl sites for hydroxylation is 1. The molecule has 8 heteroatoms. The summed E-state index contributed by atoms with van der Waals surface area (Å²) >= 11 is 0. The van der Waals surface area contributed by atoms with E-state index in [1.807, 2.05) is 31.2 Å². The molecule has 1 heterocycles. The Morgan fingerprint density at radius 1 is 1.00 bits per heavy atom. The molecule has 1 amide bonds. The second-order valence-electron chi connectivity index (χ2n) is 7.52. The molecule has 0 spiro atoms. The van der Waals surface area contributed by atoms with Crippen LogP contribution in [0, 0.1) is 6.92 Å². The van der Waals surface area contributed by atoms with Crippen molar-refractivity contribution in [2.75, 3.05) is 5.75 Å². The Bertz CT molecular complexity index is 1360. The molecule has 3 aromatic rings. The van der Waals surface area contributed by atoms with Gasteiger partial charge in [-0.3, -0.25) is 4.79 Å². The van der Waals surface area contributed by atoms with Crippen molar-refractivity contribution in [1.29, 1.82) is 0 Å². The van der Waals surface area contributed by atoms with E-state index in [9.17, 15) is 21.6 Å². The van der Waals surface area contributed by atoms with Gasteiger partial charge in [0, 0.05) is 17.7 Å². The van der Waals surface area contributed by atoms with Gasteiger partial charge in [0.1, 0.15) is 5.25 Å². The molecule has 4 rings (SSSR count). The van der Waals surface area contributed by atoms with Crippen LogP contribution in [0.2, 0.25) is 0 Å². The maximum atomic E-state index is 13.3. The third kappa shape index (κ3) is 4.00. The number of hydrogen-bond donors (Lipinski definition) is 1. The molecule has 1 aliphatic heterocycles. The van der Waals surface area contributed by atoms with E-state index in [-0.39, 0.29) is 27.5 Å². The molecule has 1 unspecified atom stereocenters. The molecule has 6 nitrogen and oxygen atoms in total. The van der Waals surface area contributed by atoms with Gasteiger partial charge in [0.15, 0.2) is 19.7 Å². The van der Waals surface area contributed by atoms with Crippen molar-refractivity contribution < 1.29 is 21.6 Å². The van der Waals surface area contributed by atoms with E-state index in [0.717, 1.165) is 11.1 Å². The molecule has 0 bridgehead atoms. The number of amides is 1. The molecule has 1 N–H and O–H groups in total. The average molecular weight is 456 g/mol. The summed E-state index contributed by atoms with van der Waals surface area (Å²) in [5.41, 5.74) is 2.05. The first-order valence-corrected chi connectivity index (χ1v) is 12.9. The van der Waals surface area contributed by atoms with E-state index in [2.05, 4.69) is 5.32 Å². The number of rotatable bonds is 5. The van der Waals surface area contributed by atoms with Gasteiger partial charge in [0.2, 0.25) is 0 Å². The van der Waals surface area contributed by atoms with Crippen LogP contribution in [0.15, 0.2) is 82.6 Å². The van der Waals surface area contributed by atoms with Gasteiger partial charge < -0.3 is 5.32 Å². The summed E-state index contributed by atoms with van der Waals surface area (Å²) in [6.45, 7) is 2.19. The van der Waals surface area contributed by atoms with E-state index in [1.54, 1.807) is 18.2 Å². The standard InChI is InChI=1S/C23H21NO5S2/c1-16-7-5-8-17(13-16)14-24-23(25)19-11-6-12-20-22(19)21(15-30(20,26)27)31(28,29)18-9-3-2-4-10-18/h2-13,21H,14-15H2,1H3,(H,24,25). The summed E-state index contributed by atoms with van der Waals surface area (Å²) in [6, 6.07) is 19.6. The second kappa shape index (κ2) is 7.94. The molecule has 1 atom stereocenters. The molecule has 31 heavy (non-hydrogen) atoms. The van der Waals surface area contributed by atoms with Crippen LogP contribution in [-0.2, 0) is 26.2 Å². The largest absolute Gasteiger partial charge is 0.348 e. The maximum absolute atomic E-state index is 13.3. The second-order valence-corrected chi connectivity index (χ2v) is 11.7. The minimum Gasteiger partial charge on any atom is -0.348 e. The van der Waals surface area contributed by atoms with E-state index in [4.69, 9.17) is 0 Å². The SMILES string of the molecule is Cc1cccc(CNC(=O)c2cccc3c2C(S(=O)(=O)c2ccccc2)CS3(=O)=O)c1. The first kappa shape index (κ1) is 21.3. The molecule has 1 aliphatic rings. The number of hydrogen-bond acceptors (Lipinski definition) is 5. The smallest absolute Gasteiger partial charge is 0.251 e. The van der Waals surface area contributed by atoms with Crippen molar-refractivity contribution in [2.24, 2.45) is 0 Å². The Labute approximate surface area is 181 Å². The Morgan fingerprint density at radius 3 is 2.42 bits per heavy atom. The topological polar surface area (TPSA) is 97.4 Å². The summed E-state index contributed by atoms with van der Waals surface area (Å²) in [5.74, 6) is -1.09. The number of nitrogens with one attached hydrogen (secondary N) is 1. The highest BCUT2D eigenvalue weighted by Gasteiger charge is 2.45. The van der Waals surface area contributed by atoms with Crippen molar-refractivity contribution in [3.8, 4) is 0 Å². The molecule has 0 aliphatic carbocycles. The number of sulfone groups is 2. The van der Waals surface area contributed by atoms with Gasteiger partial charge in [-0.1, -0.05) is 54.1 Å². The van der Waals surface area contributed by atoms with Crippen molar-refractivity contribution >= 4 is 25.6 Å². The first-order valence-electron chi connectivity index (χ1n) is 9.68. The highest BCUT2D eigenvalue weighted by molar-refractivity contribution is 7.96. The van der Waals surface area contributed by atoms with Crippen LogP contribution in [0.5, 0.6) is 0 Å². The summed E-state index contributed by atoms with van der Waals surface area (Å²) in [4.78, 5) is 12.9. The molecular weight excluding hydrogens is 434 g/mol. The lowest BCUT2D eigenvalue weighted by molar-refractivity contribution is 0.0949. The number of fused-ring (bicyclic) bond motifs is 1. The van der Waals surface area contributed by atoms with E-state index < -0.39 is 36.6 Å². The number of carbonyl (C=O) groups excluding carboxylic acids is 1. The molecule has 0 saturated carbocycles. The Kier molecular flexibility index (Phi) is 5.45. The number of carbonyl (C=O) groups is 1. The quantitative estimate of drug-likeness (QED) is 0.637. The molecule has 160 valence electrons. The molecular formula is C23H21NO5S2.